The summed E-state index contributed by atoms with van der Waals surface area (Å²) in [6, 6.07) is 0. The third-order valence-electron chi connectivity index (χ3n) is 1.32. The van der Waals surface area contributed by atoms with Crippen LogP contribution in [0.25, 0.3) is 0 Å². The van der Waals surface area contributed by atoms with Gasteiger partial charge in [-0.05, 0) is 20.3 Å². The Labute approximate surface area is 64.0 Å². The zero-order chi connectivity index (χ0) is 7.98. The standard InChI is InChI=1S/C10H16/c1-5-10(4)8-6-7-9(2)3/h6-8H,2,5H2,1,3-4H3. The van der Waals surface area contributed by atoms with Crippen molar-refractivity contribution in [1.82, 2.24) is 0 Å². The molecule has 56 valence electrons. The van der Waals surface area contributed by atoms with Gasteiger partial charge in [0.2, 0.25) is 0 Å². The molecule has 0 bridgehead atoms. The Kier molecular flexibility index (Phi) is 4.65. The van der Waals surface area contributed by atoms with Crippen LogP contribution in [0.15, 0.2) is 36.0 Å². The van der Waals surface area contributed by atoms with Gasteiger partial charge in [-0.1, -0.05) is 42.9 Å². The third kappa shape index (κ3) is 5.36. The van der Waals surface area contributed by atoms with Crippen LogP contribution in [0.5, 0.6) is 0 Å². The summed E-state index contributed by atoms with van der Waals surface area (Å²) in [4.78, 5) is 0. The molecule has 0 aliphatic rings. The molecule has 0 saturated heterocycles. The maximum Gasteiger partial charge on any atom is -0.0349 e. The molecule has 0 amide bonds. The van der Waals surface area contributed by atoms with Crippen molar-refractivity contribution < 1.29 is 0 Å². The van der Waals surface area contributed by atoms with E-state index in [-0.39, 0.29) is 0 Å². The molecule has 0 aromatic rings. The minimum Gasteiger partial charge on any atom is -0.0961 e. The molecule has 0 fully saturated rings. The topological polar surface area (TPSA) is 0 Å². The lowest BCUT2D eigenvalue weighted by Gasteiger charge is -1.88. The van der Waals surface area contributed by atoms with Gasteiger partial charge in [0, 0.05) is 0 Å². The number of rotatable bonds is 3. The molecule has 0 heterocycles. The first-order chi connectivity index (χ1) is 4.66. The minimum atomic E-state index is 1.10. The van der Waals surface area contributed by atoms with E-state index in [1.807, 2.05) is 19.1 Å². The van der Waals surface area contributed by atoms with Crippen molar-refractivity contribution in [2.75, 3.05) is 0 Å². The summed E-state index contributed by atoms with van der Waals surface area (Å²) in [5.74, 6) is 0. The van der Waals surface area contributed by atoms with Crippen LogP contribution in [0.3, 0.4) is 0 Å². The Morgan fingerprint density at radius 1 is 1.40 bits per heavy atom. The Morgan fingerprint density at radius 2 is 2.00 bits per heavy atom. The fourth-order valence-electron chi connectivity index (χ4n) is 0.494. The quantitative estimate of drug-likeness (QED) is 0.521. The van der Waals surface area contributed by atoms with Crippen LogP contribution in [0.1, 0.15) is 27.2 Å². The molecular weight excluding hydrogens is 120 g/mol. The molecular formula is C10H16. The summed E-state index contributed by atoms with van der Waals surface area (Å²) in [6.07, 6.45) is 7.30. The summed E-state index contributed by atoms with van der Waals surface area (Å²) in [6.45, 7) is 10.0. The van der Waals surface area contributed by atoms with E-state index in [1.54, 1.807) is 0 Å². The van der Waals surface area contributed by atoms with E-state index >= 15 is 0 Å². The highest BCUT2D eigenvalue weighted by molar-refractivity contribution is 5.19. The molecule has 0 aromatic heterocycles. The highest BCUT2D eigenvalue weighted by Gasteiger charge is 1.77. The first-order valence-corrected chi connectivity index (χ1v) is 3.66. The van der Waals surface area contributed by atoms with E-state index in [4.69, 9.17) is 0 Å². The minimum absolute atomic E-state index is 1.10. The van der Waals surface area contributed by atoms with Gasteiger partial charge in [0.15, 0.2) is 0 Å². The smallest absolute Gasteiger partial charge is 0.0349 e. The molecule has 10 heavy (non-hydrogen) atoms. The number of allylic oxidation sites excluding steroid dienone is 5. The van der Waals surface area contributed by atoms with Crippen molar-refractivity contribution in [3.05, 3.63) is 36.0 Å². The van der Waals surface area contributed by atoms with Gasteiger partial charge in [-0.2, -0.15) is 0 Å². The van der Waals surface area contributed by atoms with Gasteiger partial charge in [0.05, 0.1) is 0 Å². The van der Waals surface area contributed by atoms with Crippen molar-refractivity contribution in [3.8, 4) is 0 Å². The third-order valence-corrected chi connectivity index (χ3v) is 1.32. The summed E-state index contributed by atoms with van der Waals surface area (Å²) in [7, 11) is 0. The summed E-state index contributed by atoms with van der Waals surface area (Å²) < 4.78 is 0. The number of hydrogen-bond acceptors (Lipinski definition) is 0. The first kappa shape index (κ1) is 9.22. The number of hydrogen-bond donors (Lipinski definition) is 0. The molecule has 0 aromatic carbocycles. The van der Waals surface area contributed by atoms with Crippen molar-refractivity contribution in [2.24, 2.45) is 0 Å². The van der Waals surface area contributed by atoms with Gasteiger partial charge in [-0.15, -0.1) is 0 Å². The molecule has 0 aliphatic heterocycles. The van der Waals surface area contributed by atoms with E-state index in [0.29, 0.717) is 0 Å². The Hall–Kier alpha value is -0.780. The first-order valence-electron chi connectivity index (χ1n) is 3.66. The SMILES string of the molecule is C=C(C)C=CC=C(C)CC. The van der Waals surface area contributed by atoms with Gasteiger partial charge in [-0.25, -0.2) is 0 Å². The van der Waals surface area contributed by atoms with E-state index in [2.05, 4.69) is 26.5 Å². The van der Waals surface area contributed by atoms with Crippen LogP contribution in [0.2, 0.25) is 0 Å². The fourth-order valence-corrected chi connectivity index (χ4v) is 0.494. The zero-order valence-corrected chi connectivity index (χ0v) is 7.15. The van der Waals surface area contributed by atoms with E-state index in [9.17, 15) is 0 Å². The maximum atomic E-state index is 3.76. The van der Waals surface area contributed by atoms with Crippen LogP contribution in [-0.2, 0) is 0 Å². The largest absolute Gasteiger partial charge is 0.0961 e. The van der Waals surface area contributed by atoms with Crippen molar-refractivity contribution in [3.63, 3.8) is 0 Å². The Morgan fingerprint density at radius 3 is 2.40 bits per heavy atom. The normalized spacial score (nSPS) is 12.5. The van der Waals surface area contributed by atoms with E-state index < -0.39 is 0 Å². The molecule has 0 rings (SSSR count). The summed E-state index contributed by atoms with van der Waals surface area (Å²) in [5.41, 5.74) is 2.50. The molecule has 0 nitrogen and oxygen atoms in total. The molecule has 0 unspecified atom stereocenters. The average Bonchev–Trinajstić information content (AvgIpc) is 1.87. The van der Waals surface area contributed by atoms with Crippen LogP contribution in [-0.4, -0.2) is 0 Å². The fraction of sp³-hybridized carbons (Fsp3) is 0.400. The lowest BCUT2D eigenvalue weighted by molar-refractivity contribution is 1.10. The predicted octanol–water partition coefficient (Wildman–Crippen LogP) is 3.48. The van der Waals surface area contributed by atoms with Gasteiger partial charge < -0.3 is 0 Å². The zero-order valence-electron chi connectivity index (χ0n) is 7.15. The Bertz CT molecular complexity index is 159. The molecule has 0 saturated carbocycles. The predicted molar refractivity (Wildman–Crippen MR) is 48.0 cm³/mol. The Balaban J connectivity index is 3.82. The molecule has 0 radical (unpaired) electrons. The lowest BCUT2D eigenvalue weighted by atomic mass is 10.2. The maximum absolute atomic E-state index is 3.76. The van der Waals surface area contributed by atoms with Crippen LogP contribution >= 0.6 is 0 Å². The van der Waals surface area contributed by atoms with Crippen molar-refractivity contribution >= 4 is 0 Å². The lowest BCUT2D eigenvalue weighted by Crippen LogP contribution is -1.67. The van der Waals surface area contributed by atoms with Crippen molar-refractivity contribution in [2.45, 2.75) is 27.2 Å². The molecule has 0 atom stereocenters. The highest BCUT2D eigenvalue weighted by atomic mass is 13.8. The summed E-state index contributed by atoms with van der Waals surface area (Å²) in [5, 5.41) is 0. The monoisotopic (exact) mass is 136 g/mol. The molecule has 0 aliphatic carbocycles. The summed E-state index contributed by atoms with van der Waals surface area (Å²) >= 11 is 0. The second-order valence-electron chi connectivity index (χ2n) is 2.57. The van der Waals surface area contributed by atoms with Gasteiger partial charge in [0.25, 0.3) is 0 Å². The van der Waals surface area contributed by atoms with E-state index in [0.717, 1.165) is 12.0 Å². The van der Waals surface area contributed by atoms with Crippen LogP contribution in [0.4, 0.5) is 0 Å². The second kappa shape index (κ2) is 5.04. The van der Waals surface area contributed by atoms with Crippen LogP contribution in [0, 0.1) is 0 Å². The van der Waals surface area contributed by atoms with Crippen LogP contribution < -0.4 is 0 Å². The van der Waals surface area contributed by atoms with Gasteiger partial charge in [0.1, 0.15) is 0 Å². The van der Waals surface area contributed by atoms with Gasteiger partial charge >= 0.3 is 0 Å². The van der Waals surface area contributed by atoms with E-state index in [1.165, 1.54) is 5.57 Å². The molecule has 0 spiro atoms. The second-order valence-corrected chi connectivity index (χ2v) is 2.57. The van der Waals surface area contributed by atoms with Gasteiger partial charge in [-0.3, -0.25) is 0 Å². The molecule has 0 N–H and O–H groups in total. The van der Waals surface area contributed by atoms with Crippen molar-refractivity contribution in [1.29, 1.82) is 0 Å². The highest BCUT2D eigenvalue weighted by Crippen LogP contribution is 1.98. The molecule has 0 heteroatoms. The average molecular weight is 136 g/mol.